The molecular formula is C21H15NO4S. The number of esters is 1. The second kappa shape index (κ2) is 7.17. The molecule has 4 aromatic rings. The number of aromatic nitrogens is 1. The van der Waals surface area contributed by atoms with Crippen LogP contribution >= 0.6 is 11.3 Å². The van der Waals surface area contributed by atoms with E-state index in [9.17, 15) is 9.59 Å². The van der Waals surface area contributed by atoms with Crippen LogP contribution in [-0.2, 0) is 11.2 Å². The fraction of sp³-hybridized carbons (Fsp3) is 0.0952. The van der Waals surface area contributed by atoms with Crippen LogP contribution in [0.2, 0.25) is 0 Å². The normalized spacial score (nSPS) is 11.4. The molecule has 6 heteroatoms. The number of para-hydroxylation sites is 1. The van der Waals surface area contributed by atoms with Gasteiger partial charge >= 0.3 is 11.6 Å². The van der Waals surface area contributed by atoms with Gasteiger partial charge in [0.05, 0.1) is 10.2 Å². The van der Waals surface area contributed by atoms with Gasteiger partial charge in [-0.05, 0) is 42.3 Å². The number of thiazole rings is 1. The number of fused-ring (bicyclic) bond motifs is 2. The number of nitrogens with zero attached hydrogens (tertiary/aromatic N) is 1. The lowest BCUT2D eigenvalue weighted by Crippen LogP contribution is -2.04. The lowest BCUT2D eigenvalue weighted by molar-refractivity contribution is -0.128. The highest BCUT2D eigenvalue weighted by Gasteiger charge is 2.08. The standard InChI is InChI=1S/C21H15NO4S/c1-2-13-11-21(24)26-17-12-14(7-8-15(13)17)25-20(23)10-9-19-22-16-5-3-4-6-18(16)27-19/h3-12H,2H2,1H3. The second-order valence-electron chi connectivity index (χ2n) is 5.88. The van der Waals surface area contributed by atoms with Gasteiger partial charge in [0.2, 0.25) is 0 Å². The molecule has 0 amide bonds. The molecule has 4 rings (SSSR count). The van der Waals surface area contributed by atoms with Crippen molar-refractivity contribution in [2.24, 2.45) is 0 Å². The fourth-order valence-electron chi connectivity index (χ4n) is 2.82. The summed E-state index contributed by atoms with van der Waals surface area (Å²) >= 11 is 1.50. The molecule has 0 saturated heterocycles. The van der Waals surface area contributed by atoms with E-state index in [0.717, 1.165) is 26.2 Å². The van der Waals surface area contributed by atoms with Crippen molar-refractivity contribution >= 4 is 44.6 Å². The molecule has 0 bridgehead atoms. The quantitative estimate of drug-likeness (QED) is 0.225. The van der Waals surface area contributed by atoms with Crippen LogP contribution in [0.1, 0.15) is 17.5 Å². The van der Waals surface area contributed by atoms with Crippen LogP contribution in [0.15, 0.2) is 63.8 Å². The van der Waals surface area contributed by atoms with Gasteiger partial charge in [-0.3, -0.25) is 0 Å². The highest BCUT2D eigenvalue weighted by molar-refractivity contribution is 7.19. The van der Waals surface area contributed by atoms with E-state index in [1.165, 1.54) is 23.5 Å². The third-order valence-electron chi connectivity index (χ3n) is 4.07. The maximum Gasteiger partial charge on any atom is 0.336 e. The molecule has 0 radical (unpaired) electrons. The summed E-state index contributed by atoms with van der Waals surface area (Å²) in [6.07, 6.45) is 3.68. The van der Waals surface area contributed by atoms with Crippen LogP contribution in [0.4, 0.5) is 0 Å². The summed E-state index contributed by atoms with van der Waals surface area (Å²) in [5, 5.41) is 1.56. The molecule has 5 nitrogen and oxygen atoms in total. The number of ether oxygens (including phenoxy) is 1. The zero-order chi connectivity index (χ0) is 18.8. The van der Waals surface area contributed by atoms with E-state index in [4.69, 9.17) is 9.15 Å². The van der Waals surface area contributed by atoms with Crippen molar-refractivity contribution in [3.8, 4) is 5.75 Å². The molecule has 0 unspecified atom stereocenters. The molecule has 27 heavy (non-hydrogen) atoms. The van der Waals surface area contributed by atoms with E-state index in [-0.39, 0.29) is 0 Å². The Balaban J connectivity index is 1.54. The topological polar surface area (TPSA) is 69.4 Å². The van der Waals surface area contributed by atoms with E-state index in [1.54, 1.807) is 24.3 Å². The molecule has 0 aliphatic carbocycles. The minimum Gasteiger partial charge on any atom is -0.423 e. The van der Waals surface area contributed by atoms with Crippen molar-refractivity contribution in [2.45, 2.75) is 13.3 Å². The highest BCUT2D eigenvalue weighted by atomic mass is 32.1. The zero-order valence-corrected chi connectivity index (χ0v) is 15.3. The Morgan fingerprint density at radius 2 is 2.07 bits per heavy atom. The van der Waals surface area contributed by atoms with Gasteiger partial charge in [-0.2, -0.15) is 0 Å². The van der Waals surface area contributed by atoms with Gasteiger partial charge in [-0.15, -0.1) is 11.3 Å². The summed E-state index contributed by atoms with van der Waals surface area (Å²) < 4.78 is 11.6. The van der Waals surface area contributed by atoms with Crippen molar-refractivity contribution in [1.29, 1.82) is 0 Å². The summed E-state index contributed by atoms with van der Waals surface area (Å²) in [5.41, 5.74) is 1.78. The SMILES string of the molecule is CCc1cc(=O)oc2cc(OC(=O)C=Cc3nc4ccccc4s3)ccc12. The van der Waals surface area contributed by atoms with Gasteiger partial charge in [0.15, 0.2) is 0 Å². The summed E-state index contributed by atoms with van der Waals surface area (Å²) in [6, 6.07) is 14.3. The molecule has 0 aliphatic heterocycles. The Hall–Kier alpha value is -3.25. The van der Waals surface area contributed by atoms with Crippen LogP contribution < -0.4 is 10.4 Å². The molecule has 0 saturated carbocycles. The minimum atomic E-state index is -0.525. The molecule has 134 valence electrons. The van der Waals surface area contributed by atoms with Gasteiger partial charge in [0.1, 0.15) is 16.3 Å². The maximum atomic E-state index is 12.1. The van der Waals surface area contributed by atoms with E-state index < -0.39 is 11.6 Å². The number of hydrogen-bond donors (Lipinski definition) is 0. The molecule has 0 N–H and O–H groups in total. The first-order chi connectivity index (χ1) is 13.1. The highest BCUT2D eigenvalue weighted by Crippen LogP contribution is 2.24. The summed E-state index contributed by atoms with van der Waals surface area (Å²) in [6.45, 7) is 1.97. The first-order valence-corrected chi connectivity index (χ1v) is 9.26. The second-order valence-corrected chi connectivity index (χ2v) is 6.94. The predicted molar refractivity (Wildman–Crippen MR) is 106 cm³/mol. The van der Waals surface area contributed by atoms with Crippen LogP contribution in [0.5, 0.6) is 5.75 Å². The van der Waals surface area contributed by atoms with Gasteiger partial charge in [0, 0.05) is 23.6 Å². The summed E-state index contributed by atoms with van der Waals surface area (Å²) in [7, 11) is 0. The number of hydrogen-bond acceptors (Lipinski definition) is 6. The first-order valence-electron chi connectivity index (χ1n) is 8.44. The number of carbonyl (C=O) groups excluding carboxylic acids is 1. The molecule has 2 aromatic carbocycles. The van der Waals surface area contributed by atoms with Crippen LogP contribution in [0.3, 0.4) is 0 Å². The molecule has 0 aliphatic rings. The smallest absolute Gasteiger partial charge is 0.336 e. The number of aryl methyl sites for hydroxylation is 1. The number of benzene rings is 2. The van der Waals surface area contributed by atoms with Crippen molar-refractivity contribution in [3.05, 3.63) is 75.6 Å². The largest absolute Gasteiger partial charge is 0.423 e. The zero-order valence-electron chi connectivity index (χ0n) is 14.5. The van der Waals surface area contributed by atoms with Crippen molar-refractivity contribution in [1.82, 2.24) is 4.98 Å². The van der Waals surface area contributed by atoms with Gasteiger partial charge < -0.3 is 9.15 Å². The Morgan fingerprint density at radius 3 is 2.89 bits per heavy atom. The third-order valence-corrected chi connectivity index (χ3v) is 5.08. The summed E-state index contributed by atoms with van der Waals surface area (Å²) in [4.78, 5) is 28.2. The molecular weight excluding hydrogens is 362 g/mol. The Bertz CT molecular complexity index is 1200. The average molecular weight is 377 g/mol. The lowest BCUT2D eigenvalue weighted by atomic mass is 10.1. The van der Waals surface area contributed by atoms with Crippen LogP contribution in [-0.4, -0.2) is 11.0 Å². The lowest BCUT2D eigenvalue weighted by Gasteiger charge is -2.05. The minimum absolute atomic E-state index is 0.317. The molecule has 2 aromatic heterocycles. The Labute approximate surface area is 158 Å². The van der Waals surface area contributed by atoms with Crippen molar-refractivity contribution in [3.63, 3.8) is 0 Å². The van der Waals surface area contributed by atoms with Crippen molar-refractivity contribution in [2.75, 3.05) is 0 Å². The van der Waals surface area contributed by atoms with Crippen LogP contribution in [0.25, 0.3) is 27.3 Å². The molecule has 0 fully saturated rings. The van der Waals surface area contributed by atoms with E-state index in [2.05, 4.69) is 4.98 Å². The molecule has 0 atom stereocenters. The fourth-order valence-corrected chi connectivity index (χ4v) is 3.69. The third kappa shape index (κ3) is 3.66. The average Bonchev–Trinajstić information content (AvgIpc) is 3.08. The Morgan fingerprint density at radius 1 is 1.22 bits per heavy atom. The number of rotatable bonds is 4. The monoisotopic (exact) mass is 377 g/mol. The van der Waals surface area contributed by atoms with Gasteiger partial charge in [-0.25, -0.2) is 14.6 Å². The molecule has 2 heterocycles. The van der Waals surface area contributed by atoms with Crippen LogP contribution in [0, 0.1) is 0 Å². The summed E-state index contributed by atoms with van der Waals surface area (Å²) in [5.74, 6) is -0.208. The molecule has 0 spiro atoms. The predicted octanol–water partition coefficient (Wildman–Crippen LogP) is 4.58. The van der Waals surface area contributed by atoms with Gasteiger partial charge in [0.25, 0.3) is 0 Å². The number of carbonyl (C=O) groups is 1. The van der Waals surface area contributed by atoms with Gasteiger partial charge in [-0.1, -0.05) is 19.1 Å². The first kappa shape index (κ1) is 17.2. The van der Waals surface area contributed by atoms with E-state index in [1.807, 2.05) is 31.2 Å². The van der Waals surface area contributed by atoms with Crippen molar-refractivity contribution < 1.29 is 13.9 Å². The maximum absolute atomic E-state index is 12.1. The van der Waals surface area contributed by atoms with E-state index >= 15 is 0 Å². The Kier molecular flexibility index (Phi) is 4.56. The van der Waals surface area contributed by atoms with E-state index in [0.29, 0.717) is 17.8 Å².